The quantitative estimate of drug-likeness (QED) is 0.286. The molecule has 0 fully saturated rings. The number of ether oxygens (including phenoxy) is 1. The summed E-state index contributed by atoms with van der Waals surface area (Å²) in [5.74, 6) is -0.284. The Labute approximate surface area is 186 Å². The van der Waals surface area contributed by atoms with E-state index in [1.54, 1.807) is 13.1 Å². The van der Waals surface area contributed by atoms with Gasteiger partial charge in [-0.05, 0) is 6.07 Å². The zero-order chi connectivity index (χ0) is 23.9. The molecule has 0 spiro atoms. The maximum absolute atomic E-state index is 11.9. The standard InChI is InChI=1S/C15H13ClN2O6.C4H11NO3/c1-8-17-6-9(23-8)7-22-12-5-13-11(4-10(12)16)18(15(21)24-13)3-2-14(19)20;5-4(1-6,2-7)3-8/h4-6H,2-3,7H2,1H3,(H,19,20);6-8H,1-3,5H2. The Bertz CT molecular complexity index is 1090. The zero-order valence-corrected chi connectivity index (χ0v) is 17.9. The molecule has 0 amide bonds. The molecule has 176 valence electrons. The van der Waals surface area contributed by atoms with E-state index in [9.17, 15) is 9.59 Å². The summed E-state index contributed by atoms with van der Waals surface area (Å²) in [5.41, 5.74) is 4.61. The molecule has 6 N–H and O–H groups in total. The molecule has 0 aliphatic rings. The lowest BCUT2D eigenvalue weighted by Crippen LogP contribution is -2.50. The number of halogens is 1. The Morgan fingerprint density at radius 1 is 1.25 bits per heavy atom. The van der Waals surface area contributed by atoms with Crippen LogP contribution in [0.1, 0.15) is 18.1 Å². The molecule has 0 atom stereocenters. The highest BCUT2D eigenvalue weighted by atomic mass is 35.5. The van der Waals surface area contributed by atoms with Gasteiger partial charge in [0.1, 0.15) is 12.4 Å². The molecule has 2 aromatic heterocycles. The van der Waals surface area contributed by atoms with Crippen LogP contribution in [0.2, 0.25) is 5.02 Å². The average Bonchev–Trinajstić information content (AvgIpc) is 3.32. The first-order valence-corrected chi connectivity index (χ1v) is 9.70. The number of aliphatic hydroxyl groups is 3. The van der Waals surface area contributed by atoms with Gasteiger partial charge in [0.25, 0.3) is 0 Å². The van der Waals surface area contributed by atoms with Gasteiger partial charge in [-0.2, -0.15) is 0 Å². The fourth-order valence-electron chi connectivity index (χ4n) is 2.37. The first kappa shape index (κ1) is 25.4. The molecule has 0 saturated heterocycles. The number of hydrogen-bond donors (Lipinski definition) is 5. The fourth-order valence-corrected chi connectivity index (χ4v) is 2.58. The summed E-state index contributed by atoms with van der Waals surface area (Å²) in [6, 6.07) is 2.99. The first-order valence-electron chi connectivity index (χ1n) is 9.32. The van der Waals surface area contributed by atoms with Crippen molar-refractivity contribution in [2.45, 2.75) is 32.0 Å². The topological polar surface area (TPSA) is 194 Å². The van der Waals surface area contributed by atoms with E-state index in [4.69, 9.17) is 51.3 Å². The number of aromatic nitrogens is 2. The fraction of sp³-hybridized carbons (Fsp3) is 0.421. The predicted molar refractivity (Wildman–Crippen MR) is 111 cm³/mol. The van der Waals surface area contributed by atoms with E-state index in [0.717, 1.165) is 0 Å². The van der Waals surface area contributed by atoms with E-state index in [0.29, 0.717) is 22.9 Å². The number of aliphatic carboxylic acids is 1. The molecule has 0 bridgehead atoms. The molecule has 12 nitrogen and oxygen atoms in total. The van der Waals surface area contributed by atoms with Gasteiger partial charge in [-0.3, -0.25) is 9.36 Å². The number of rotatable bonds is 9. The van der Waals surface area contributed by atoms with Crippen molar-refractivity contribution in [1.29, 1.82) is 0 Å². The van der Waals surface area contributed by atoms with E-state index < -0.39 is 37.1 Å². The number of carbonyl (C=O) groups is 1. The second kappa shape index (κ2) is 11.1. The van der Waals surface area contributed by atoms with Crippen molar-refractivity contribution >= 4 is 28.7 Å². The third-order valence-electron chi connectivity index (χ3n) is 4.25. The molecule has 2 heterocycles. The minimum atomic E-state index is -1.21. The maximum Gasteiger partial charge on any atom is 0.419 e. The second-order valence-electron chi connectivity index (χ2n) is 6.88. The van der Waals surface area contributed by atoms with Crippen molar-refractivity contribution in [2.24, 2.45) is 5.73 Å². The molecule has 0 unspecified atom stereocenters. The van der Waals surface area contributed by atoms with Crippen LogP contribution in [0.5, 0.6) is 5.75 Å². The Hall–Kier alpha value is -2.90. The lowest BCUT2D eigenvalue weighted by atomic mass is 10.1. The van der Waals surface area contributed by atoms with Gasteiger partial charge in [0.05, 0.1) is 48.5 Å². The summed E-state index contributed by atoms with van der Waals surface area (Å²) in [7, 11) is 0. The van der Waals surface area contributed by atoms with Crippen molar-refractivity contribution in [1.82, 2.24) is 9.55 Å². The summed E-state index contributed by atoms with van der Waals surface area (Å²) < 4.78 is 17.2. The summed E-state index contributed by atoms with van der Waals surface area (Å²) in [6.45, 7) is 0.627. The van der Waals surface area contributed by atoms with Crippen LogP contribution in [0.3, 0.4) is 0 Å². The highest BCUT2D eigenvalue weighted by Crippen LogP contribution is 2.30. The van der Waals surface area contributed by atoms with Crippen LogP contribution in [0.15, 0.2) is 32.0 Å². The molecule has 0 aliphatic heterocycles. The van der Waals surface area contributed by atoms with Gasteiger partial charge in [-0.25, -0.2) is 9.78 Å². The highest BCUT2D eigenvalue weighted by molar-refractivity contribution is 6.32. The van der Waals surface area contributed by atoms with Crippen molar-refractivity contribution in [3.8, 4) is 5.75 Å². The molecule has 0 radical (unpaired) electrons. The van der Waals surface area contributed by atoms with Crippen molar-refractivity contribution in [3.05, 3.63) is 45.6 Å². The van der Waals surface area contributed by atoms with Crippen molar-refractivity contribution < 1.29 is 38.8 Å². The van der Waals surface area contributed by atoms with Gasteiger partial charge in [-0.15, -0.1) is 0 Å². The van der Waals surface area contributed by atoms with E-state index in [2.05, 4.69) is 4.98 Å². The predicted octanol–water partition coefficient (Wildman–Crippen LogP) is 0.259. The lowest BCUT2D eigenvalue weighted by molar-refractivity contribution is -0.137. The Kier molecular flexibility index (Phi) is 8.80. The Morgan fingerprint density at radius 2 is 1.91 bits per heavy atom. The number of nitrogens with two attached hydrogens (primary N) is 1. The number of benzene rings is 1. The second-order valence-corrected chi connectivity index (χ2v) is 7.29. The number of fused-ring (bicyclic) bond motifs is 1. The molecule has 13 heteroatoms. The van der Waals surface area contributed by atoms with Gasteiger partial charge >= 0.3 is 11.7 Å². The van der Waals surface area contributed by atoms with Crippen molar-refractivity contribution in [3.63, 3.8) is 0 Å². The highest BCUT2D eigenvalue weighted by Gasteiger charge is 2.20. The molecule has 3 aromatic rings. The van der Waals surface area contributed by atoms with E-state index in [1.807, 2.05) is 0 Å². The first-order chi connectivity index (χ1) is 15.1. The van der Waals surface area contributed by atoms with Crippen LogP contribution < -0.4 is 16.2 Å². The summed E-state index contributed by atoms with van der Waals surface area (Å²) in [5, 5.41) is 34.0. The van der Waals surface area contributed by atoms with E-state index >= 15 is 0 Å². The molecule has 32 heavy (non-hydrogen) atoms. The summed E-state index contributed by atoms with van der Waals surface area (Å²) in [4.78, 5) is 26.5. The van der Waals surface area contributed by atoms with Crippen LogP contribution >= 0.6 is 11.6 Å². The number of nitrogens with zero attached hydrogens (tertiary/aromatic N) is 2. The smallest absolute Gasteiger partial charge is 0.419 e. The molecular formula is C19H24ClN3O9. The van der Waals surface area contributed by atoms with E-state index in [-0.39, 0.29) is 30.2 Å². The van der Waals surface area contributed by atoms with Crippen LogP contribution in [0.25, 0.3) is 11.1 Å². The number of carboxylic acid groups (broad SMARTS) is 1. The molecule has 0 saturated carbocycles. The number of carboxylic acids is 1. The minimum absolute atomic E-state index is 0.00492. The number of aryl methyl sites for hydroxylation is 2. The van der Waals surface area contributed by atoms with Crippen LogP contribution in [0, 0.1) is 6.92 Å². The Balaban J connectivity index is 0.000000390. The minimum Gasteiger partial charge on any atom is -0.484 e. The third-order valence-corrected chi connectivity index (χ3v) is 4.55. The van der Waals surface area contributed by atoms with E-state index in [1.165, 1.54) is 16.7 Å². The Morgan fingerprint density at radius 3 is 2.41 bits per heavy atom. The average molecular weight is 474 g/mol. The van der Waals surface area contributed by atoms with Crippen LogP contribution in [-0.4, -0.2) is 61.3 Å². The normalized spacial score (nSPS) is 11.3. The van der Waals surface area contributed by atoms with Crippen LogP contribution in [-0.2, 0) is 17.9 Å². The number of hydrogen-bond acceptors (Lipinski definition) is 10. The SMILES string of the molecule is Cc1ncc(COc2cc3oc(=O)n(CCC(=O)O)c3cc2Cl)o1.NC(CO)(CO)CO. The zero-order valence-electron chi connectivity index (χ0n) is 17.2. The summed E-state index contributed by atoms with van der Waals surface area (Å²) >= 11 is 6.17. The number of oxazole rings is 2. The molecule has 0 aliphatic carbocycles. The third kappa shape index (κ3) is 6.55. The lowest BCUT2D eigenvalue weighted by Gasteiger charge is -2.20. The van der Waals surface area contributed by atoms with Gasteiger partial charge in [0.2, 0.25) is 0 Å². The van der Waals surface area contributed by atoms with Gasteiger partial charge in [0.15, 0.2) is 17.2 Å². The maximum atomic E-state index is 11.9. The van der Waals surface area contributed by atoms with Gasteiger partial charge in [0, 0.05) is 19.5 Å². The van der Waals surface area contributed by atoms with Crippen LogP contribution in [0.4, 0.5) is 0 Å². The molecule has 1 aromatic carbocycles. The number of aliphatic hydroxyl groups excluding tert-OH is 3. The van der Waals surface area contributed by atoms with Gasteiger partial charge in [-0.1, -0.05) is 11.6 Å². The molecular weight excluding hydrogens is 450 g/mol. The largest absolute Gasteiger partial charge is 0.484 e. The van der Waals surface area contributed by atoms with Gasteiger partial charge < -0.3 is 39.7 Å². The van der Waals surface area contributed by atoms with Crippen molar-refractivity contribution in [2.75, 3.05) is 19.8 Å². The monoisotopic (exact) mass is 473 g/mol. The molecule has 3 rings (SSSR count). The summed E-state index contributed by atoms with van der Waals surface area (Å²) in [6.07, 6.45) is 1.35.